The van der Waals surface area contributed by atoms with Crippen molar-refractivity contribution >= 4 is 5.97 Å². The predicted octanol–water partition coefficient (Wildman–Crippen LogP) is 1.39. The lowest BCUT2D eigenvalue weighted by Crippen LogP contribution is -2.28. The Kier molecular flexibility index (Phi) is 3.90. The van der Waals surface area contributed by atoms with Crippen LogP contribution in [0.5, 0.6) is 0 Å². The van der Waals surface area contributed by atoms with Gasteiger partial charge in [-0.15, -0.1) is 0 Å². The molecule has 0 saturated heterocycles. The first kappa shape index (κ1) is 12.5. The summed E-state index contributed by atoms with van der Waals surface area (Å²) < 4.78 is 0. The zero-order valence-electron chi connectivity index (χ0n) is 10.0. The van der Waals surface area contributed by atoms with Gasteiger partial charge >= 0.3 is 5.97 Å². The highest BCUT2D eigenvalue weighted by atomic mass is 16.4. The lowest BCUT2D eigenvalue weighted by Gasteiger charge is -2.21. The molecule has 0 bridgehead atoms. The highest BCUT2D eigenvalue weighted by Crippen LogP contribution is 2.28. The SMILES string of the molecule is N#Cc1ncccc1CN(CCC(=O)O)C1CC1. The Morgan fingerprint density at radius 2 is 2.39 bits per heavy atom. The third kappa shape index (κ3) is 3.28. The van der Waals surface area contributed by atoms with Crippen LogP contribution >= 0.6 is 0 Å². The van der Waals surface area contributed by atoms with E-state index in [4.69, 9.17) is 10.4 Å². The van der Waals surface area contributed by atoms with Gasteiger partial charge in [-0.2, -0.15) is 5.26 Å². The number of hydrogen-bond donors (Lipinski definition) is 1. The van der Waals surface area contributed by atoms with Crippen molar-refractivity contribution in [2.24, 2.45) is 0 Å². The minimum absolute atomic E-state index is 0.138. The van der Waals surface area contributed by atoms with E-state index < -0.39 is 5.97 Å². The zero-order valence-corrected chi connectivity index (χ0v) is 10.0. The van der Waals surface area contributed by atoms with E-state index in [9.17, 15) is 4.79 Å². The summed E-state index contributed by atoms with van der Waals surface area (Å²) in [6.07, 6.45) is 3.96. The van der Waals surface area contributed by atoms with Crippen molar-refractivity contribution in [2.45, 2.75) is 31.8 Å². The number of hydrogen-bond acceptors (Lipinski definition) is 4. The van der Waals surface area contributed by atoms with Crippen LogP contribution in [0.2, 0.25) is 0 Å². The molecule has 0 spiro atoms. The fourth-order valence-electron chi connectivity index (χ4n) is 1.96. The van der Waals surface area contributed by atoms with Crippen LogP contribution in [0.3, 0.4) is 0 Å². The van der Waals surface area contributed by atoms with Crippen molar-refractivity contribution in [3.63, 3.8) is 0 Å². The van der Waals surface area contributed by atoms with Crippen LogP contribution < -0.4 is 0 Å². The molecular weight excluding hydrogens is 230 g/mol. The molecule has 0 unspecified atom stereocenters. The number of carboxylic acid groups (broad SMARTS) is 1. The van der Waals surface area contributed by atoms with E-state index in [1.165, 1.54) is 0 Å². The lowest BCUT2D eigenvalue weighted by molar-refractivity contribution is -0.137. The summed E-state index contributed by atoms with van der Waals surface area (Å²) >= 11 is 0. The molecule has 1 aliphatic carbocycles. The van der Waals surface area contributed by atoms with Gasteiger partial charge in [0.25, 0.3) is 0 Å². The smallest absolute Gasteiger partial charge is 0.304 e. The Balaban J connectivity index is 2.04. The molecule has 0 aliphatic heterocycles. The van der Waals surface area contributed by atoms with E-state index in [1.54, 1.807) is 12.3 Å². The molecule has 0 atom stereocenters. The summed E-state index contributed by atoms with van der Waals surface area (Å²) in [5.74, 6) is -0.785. The Labute approximate surface area is 106 Å². The summed E-state index contributed by atoms with van der Waals surface area (Å²) in [4.78, 5) is 16.8. The number of carboxylic acids is 1. The minimum atomic E-state index is -0.785. The summed E-state index contributed by atoms with van der Waals surface area (Å²) in [6, 6.07) is 6.22. The number of rotatable bonds is 6. The average Bonchev–Trinajstić information content (AvgIpc) is 3.19. The first-order chi connectivity index (χ1) is 8.70. The van der Waals surface area contributed by atoms with Crippen molar-refractivity contribution in [1.29, 1.82) is 5.26 Å². The van der Waals surface area contributed by atoms with Crippen molar-refractivity contribution in [1.82, 2.24) is 9.88 Å². The van der Waals surface area contributed by atoms with Gasteiger partial charge in [-0.3, -0.25) is 9.69 Å². The largest absolute Gasteiger partial charge is 0.481 e. The molecule has 18 heavy (non-hydrogen) atoms. The van der Waals surface area contributed by atoms with E-state index in [-0.39, 0.29) is 6.42 Å². The van der Waals surface area contributed by atoms with Crippen molar-refractivity contribution in [3.8, 4) is 6.07 Å². The fourth-order valence-corrected chi connectivity index (χ4v) is 1.96. The fraction of sp³-hybridized carbons (Fsp3) is 0.462. The Bertz CT molecular complexity index is 477. The van der Waals surface area contributed by atoms with Crippen molar-refractivity contribution in [2.75, 3.05) is 6.54 Å². The third-order valence-corrected chi connectivity index (χ3v) is 3.05. The highest BCUT2D eigenvalue weighted by Gasteiger charge is 2.29. The van der Waals surface area contributed by atoms with Gasteiger partial charge in [-0.05, 0) is 18.9 Å². The predicted molar refractivity (Wildman–Crippen MR) is 64.6 cm³/mol. The molecule has 1 aromatic rings. The van der Waals surface area contributed by atoms with Gasteiger partial charge < -0.3 is 5.11 Å². The molecule has 1 aliphatic rings. The molecule has 1 N–H and O–H groups in total. The molecule has 1 saturated carbocycles. The number of pyridine rings is 1. The maximum Gasteiger partial charge on any atom is 0.304 e. The Hall–Kier alpha value is -1.93. The molecular formula is C13H15N3O2. The van der Waals surface area contributed by atoms with E-state index in [0.29, 0.717) is 24.8 Å². The van der Waals surface area contributed by atoms with Crippen molar-refractivity contribution < 1.29 is 9.90 Å². The van der Waals surface area contributed by atoms with Crippen LogP contribution in [-0.4, -0.2) is 33.5 Å². The first-order valence-corrected chi connectivity index (χ1v) is 6.00. The maximum atomic E-state index is 10.6. The molecule has 0 aromatic carbocycles. The van der Waals surface area contributed by atoms with Crippen LogP contribution in [0.15, 0.2) is 18.3 Å². The molecule has 5 heteroatoms. The molecule has 1 fully saturated rings. The molecule has 0 amide bonds. The number of aliphatic carboxylic acids is 1. The normalized spacial score (nSPS) is 14.4. The quantitative estimate of drug-likeness (QED) is 0.819. The van der Waals surface area contributed by atoms with E-state index in [1.807, 2.05) is 6.07 Å². The van der Waals surface area contributed by atoms with Gasteiger partial charge in [0.05, 0.1) is 6.42 Å². The van der Waals surface area contributed by atoms with Gasteiger partial charge in [-0.25, -0.2) is 4.98 Å². The topological polar surface area (TPSA) is 77.2 Å². The standard InChI is InChI=1S/C13H15N3O2/c14-8-12-10(2-1-6-15-12)9-16(11-3-4-11)7-5-13(17)18/h1-2,6,11H,3-5,7,9H2,(H,17,18). The zero-order chi connectivity index (χ0) is 13.0. The second-order valence-corrected chi connectivity index (χ2v) is 4.47. The van der Waals surface area contributed by atoms with Crippen LogP contribution in [0.4, 0.5) is 0 Å². The molecule has 1 heterocycles. The third-order valence-electron chi connectivity index (χ3n) is 3.05. The number of nitriles is 1. The van der Waals surface area contributed by atoms with Crippen LogP contribution in [0, 0.1) is 11.3 Å². The minimum Gasteiger partial charge on any atom is -0.481 e. The van der Waals surface area contributed by atoms with E-state index >= 15 is 0 Å². The molecule has 1 aromatic heterocycles. The number of aromatic nitrogens is 1. The van der Waals surface area contributed by atoms with Crippen LogP contribution in [0.1, 0.15) is 30.5 Å². The molecule has 2 rings (SSSR count). The van der Waals surface area contributed by atoms with Gasteiger partial charge in [-0.1, -0.05) is 6.07 Å². The second kappa shape index (κ2) is 5.61. The highest BCUT2D eigenvalue weighted by molar-refractivity contribution is 5.66. The van der Waals surface area contributed by atoms with E-state index in [0.717, 1.165) is 18.4 Å². The lowest BCUT2D eigenvalue weighted by atomic mass is 10.2. The molecule has 94 valence electrons. The summed E-state index contributed by atoms with van der Waals surface area (Å²) in [5.41, 5.74) is 1.30. The second-order valence-electron chi connectivity index (χ2n) is 4.47. The van der Waals surface area contributed by atoms with E-state index in [2.05, 4.69) is 16.0 Å². The first-order valence-electron chi connectivity index (χ1n) is 6.00. The van der Waals surface area contributed by atoms with Gasteiger partial charge in [0.1, 0.15) is 11.8 Å². The van der Waals surface area contributed by atoms with Gasteiger partial charge in [0.2, 0.25) is 0 Å². The monoisotopic (exact) mass is 245 g/mol. The molecule has 0 radical (unpaired) electrons. The average molecular weight is 245 g/mol. The Morgan fingerprint density at radius 3 is 3.00 bits per heavy atom. The van der Waals surface area contributed by atoms with Gasteiger partial charge in [0, 0.05) is 30.9 Å². The number of nitrogens with zero attached hydrogens (tertiary/aromatic N) is 3. The molecule has 5 nitrogen and oxygen atoms in total. The summed E-state index contributed by atoms with van der Waals surface area (Å²) in [6.45, 7) is 1.13. The van der Waals surface area contributed by atoms with Crippen LogP contribution in [0.25, 0.3) is 0 Å². The Morgan fingerprint density at radius 1 is 1.61 bits per heavy atom. The van der Waals surface area contributed by atoms with Gasteiger partial charge in [0.15, 0.2) is 0 Å². The number of carbonyl (C=O) groups is 1. The summed E-state index contributed by atoms with van der Waals surface area (Å²) in [5, 5.41) is 17.7. The maximum absolute atomic E-state index is 10.6. The summed E-state index contributed by atoms with van der Waals surface area (Å²) in [7, 11) is 0. The van der Waals surface area contributed by atoms with Crippen molar-refractivity contribution in [3.05, 3.63) is 29.6 Å². The van der Waals surface area contributed by atoms with Crippen LogP contribution in [-0.2, 0) is 11.3 Å².